The fourth-order valence-electron chi connectivity index (χ4n) is 3.48. The lowest BCUT2D eigenvalue weighted by molar-refractivity contribution is 0.102. The number of fused-ring (bicyclic) bond motifs is 1. The van der Waals surface area contributed by atoms with Crippen molar-refractivity contribution in [3.8, 4) is 5.75 Å². The van der Waals surface area contributed by atoms with Crippen molar-refractivity contribution in [3.05, 3.63) is 69.6 Å². The van der Waals surface area contributed by atoms with Crippen molar-refractivity contribution in [3.63, 3.8) is 0 Å². The van der Waals surface area contributed by atoms with Crippen LogP contribution in [0.3, 0.4) is 0 Å². The Kier molecular flexibility index (Phi) is 7.47. The van der Waals surface area contributed by atoms with Crippen LogP contribution in [0.15, 0.2) is 51.7 Å². The van der Waals surface area contributed by atoms with Gasteiger partial charge < -0.3 is 19.4 Å². The highest BCUT2D eigenvalue weighted by Gasteiger charge is 2.17. The van der Waals surface area contributed by atoms with Crippen molar-refractivity contribution in [2.24, 2.45) is 0 Å². The van der Waals surface area contributed by atoms with E-state index in [0.717, 1.165) is 37.1 Å². The van der Waals surface area contributed by atoms with Gasteiger partial charge in [0.15, 0.2) is 0 Å². The van der Waals surface area contributed by atoms with Gasteiger partial charge in [0.05, 0.1) is 6.61 Å². The lowest BCUT2D eigenvalue weighted by Crippen LogP contribution is -2.21. The predicted octanol–water partition coefficient (Wildman–Crippen LogP) is 4.85. The number of hydrogen-bond acceptors (Lipinski definition) is 5. The summed E-state index contributed by atoms with van der Waals surface area (Å²) in [5, 5.41) is 3.50. The molecule has 0 aliphatic heterocycles. The summed E-state index contributed by atoms with van der Waals surface area (Å²) in [5.41, 5.74) is 2.45. The molecule has 0 spiro atoms. The molecule has 0 radical (unpaired) electrons. The number of rotatable bonds is 9. The number of benzene rings is 2. The van der Waals surface area contributed by atoms with Gasteiger partial charge in [-0.25, -0.2) is 4.79 Å². The fourth-order valence-corrected chi connectivity index (χ4v) is 3.48. The third-order valence-electron chi connectivity index (χ3n) is 5.21. The van der Waals surface area contributed by atoms with Crippen LogP contribution in [0.2, 0.25) is 0 Å². The van der Waals surface area contributed by atoms with Gasteiger partial charge in [0, 0.05) is 23.2 Å². The first-order valence-corrected chi connectivity index (χ1v) is 10.8. The molecule has 2 aromatic carbocycles. The van der Waals surface area contributed by atoms with E-state index in [1.54, 1.807) is 6.07 Å². The highest BCUT2D eigenvalue weighted by Crippen LogP contribution is 2.29. The third-order valence-corrected chi connectivity index (χ3v) is 5.21. The van der Waals surface area contributed by atoms with E-state index in [1.165, 1.54) is 0 Å². The minimum atomic E-state index is -0.655. The third kappa shape index (κ3) is 5.33. The Morgan fingerprint density at radius 2 is 1.84 bits per heavy atom. The zero-order chi connectivity index (χ0) is 22.4. The summed E-state index contributed by atoms with van der Waals surface area (Å²) in [5.74, 6) is 0.228. The van der Waals surface area contributed by atoms with Crippen molar-refractivity contribution < 1.29 is 13.9 Å². The molecule has 1 amide bonds. The summed E-state index contributed by atoms with van der Waals surface area (Å²) in [7, 11) is 2.05. The molecule has 3 aromatic rings. The highest BCUT2D eigenvalue weighted by molar-refractivity contribution is 6.05. The summed E-state index contributed by atoms with van der Waals surface area (Å²) in [6.07, 6.45) is 1.61. The van der Waals surface area contributed by atoms with Crippen molar-refractivity contribution >= 4 is 22.6 Å². The van der Waals surface area contributed by atoms with Gasteiger partial charge in [0.25, 0.3) is 5.91 Å². The molecular formula is C25H30N2O4. The normalized spacial score (nSPS) is 11.1. The maximum absolute atomic E-state index is 12.8. The number of aryl methyl sites for hydroxylation is 1. The van der Waals surface area contributed by atoms with Crippen LogP contribution in [-0.4, -0.2) is 31.0 Å². The van der Waals surface area contributed by atoms with Crippen molar-refractivity contribution in [2.45, 2.75) is 40.2 Å². The standard InChI is InChI=1S/C25H30N2O4/c1-5-8-20-22(30-7-3)14-11-18-15-21(25(29)31-23(18)20)24(28)26-19-12-9-17(10-13-19)16-27(4)6-2/h9-15H,5-8,16H2,1-4H3,(H,26,28). The van der Waals surface area contributed by atoms with E-state index in [0.29, 0.717) is 29.0 Å². The van der Waals surface area contributed by atoms with Crippen LogP contribution < -0.4 is 15.7 Å². The Morgan fingerprint density at radius 1 is 1.10 bits per heavy atom. The number of carbonyl (C=O) groups excluding carboxylic acids is 1. The number of ether oxygens (including phenoxy) is 1. The molecule has 1 N–H and O–H groups in total. The zero-order valence-electron chi connectivity index (χ0n) is 18.7. The van der Waals surface area contributed by atoms with E-state index < -0.39 is 11.5 Å². The molecule has 6 heteroatoms. The Balaban J connectivity index is 1.87. The van der Waals surface area contributed by atoms with Gasteiger partial charge in [0.2, 0.25) is 0 Å². The quantitative estimate of drug-likeness (QED) is 0.499. The minimum Gasteiger partial charge on any atom is -0.493 e. The average Bonchev–Trinajstić information content (AvgIpc) is 2.76. The predicted molar refractivity (Wildman–Crippen MR) is 124 cm³/mol. The molecule has 0 unspecified atom stereocenters. The molecular weight excluding hydrogens is 392 g/mol. The van der Waals surface area contributed by atoms with E-state index in [4.69, 9.17) is 9.15 Å². The van der Waals surface area contributed by atoms with Crippen molar-refractivity contribution in [1.29, 1.82) is 0 Å². The number of nitrogens with one attached hydrogen (secondary N) is 1. The molecule has 0 aliphatic carbocycles. The van der Waals surface area contributed by atoms with Gasteiger partial charge >= 0.3 is 5.63 Å². The van der Waals surface area contributed by atoms with Crippen LogP contribution in [0.5, 0.6) is 5.75 Å². The first-order valence-electron chi connectivity index (χ1n) is 10.8. The van der Waals surface area contributed by atoms with E-state index in [9.17, 15) is 9.59 Å². The van der Waals surface area contributed by atoms with Crippen molar-refractivity contribution in [1.82, 2.24) is 4.90 Å². The van der Waals surface area contributed by atoms with Gasteiger partial charge in [-0.15, -0.1) is 0 Å². The van der Waals surface area contributed by atoms with Crippen LogP contribution >= 0.6 is 0 Å². The van der Waals surface area contributed by atoms with Crippen molar-refractivity contribution in [2.75, 3.05) is 25.5 Å². The van der Waals surface area contributed by atoms with Gasteiger partial charge in [-0.3, -0.25) is 4.79 Å². The zero-order valence-corrected chi connectivity index (χ0v) is 18.7. The van der Waals surface area contributed by atoms with Gasteiger partial charge in [-0.1, -0.05) is 32.4 Å². The van der Waals surface area contributed by atoms with Gasteiger partial charge in [-0.2, -0.15) is 0 Å². The largest absolute Gasteiger partial charge is 0.493 e. The van der Waals surface area contributed by atoms with E-state index in [2.05, 4.69) is 31.1 Å². The van der Waals surface area contributed by atoms with Crippen LogP contribution in [0.25, 0.3) is 11.0 Å². The second kappa shape index (κ2) is 10.3. The molecule has 1 aromatic heterocycles. The first kappa shape index (κ1) is 22.6. The van der Waals surface area contributed by atoms with Gasteiger partial charge in [-0.05, 0) is 62.8 Å². The van der Waals surface area contributed by atoms with Gasteiger partial charge in [0.1, 0.15) is 16.9 Å². The number of nitrogens with zero attached hydrogens (tertiary/aromatic N) is 1. The molecule has 0 fully saturated rings. The molecule has 1 heterocycles. The molecule has 0 bridgehead atoms. The summed E-state index contributed by atoms with van der Waals surface area (Å²) in [6.45, 7) is 8.40. The Hall–Kier alpha value is -3.12. The molecule has 31 heavy (non-hydrogen) atoms. The number of amides is 1. The Labute approximate surface area is 182 Å². The molecule has 0 atom stereocenters. The van der Waals surface area contributed by atoms with Crippen LogP contribution in [0, 0.1) is 0 Å². The summed E-state index contributed by atoms with van der Waals surface area (Å²) in [6, 6.07) is 12.9. The lowest BCUT2D eigenvalue weighted by Gasteiger charge is -2.14. The average molecular weight is 423 g/mol. The molecule has 0 saturated heterocycles. The number of anilines is 1. The monoisotopic (exact) mass is 422 g/mol. The maximum Gasteiger partial charge on any atom is 0.349 e. The first-order chi connectivity index (χ1) is 15.0. The summed E-state index contributed by atoms with van der Waals surface area (Å²) >= 11 is 0. The van der Waals surface area contributed by atoms with E-state index >= 15 is 0 Å². The molecule has 0 saturated carbocycles. The Bertz CT molecular complexity index is 1100. The van der Waals surface area contributed by atoms with Crippen LogP contribution in [0.4, 0.5) is 5.69 Å². The smallest absolute Gasteiger partial charge is 0.349 e. The fraction of sp³-hybridized carbons (Fsp3) is 0.360. The molecule has 164 valence electrons. The second-order valence-electron chi connectivity index (χ2n) is 7.57. The molecule has 0 aliphatic rings. The lowest BCUT2D eigenvalue weighted by atomic mass is 10.0. The number of hydrogen-bond donors (Lipinski definition) is 1. The minimum absolute atomic E-state index is 0.0195. The topological polar surface area (TPSA) is 71.8 Å². The SMILES string of the molecule is CCCc1c(OCC)ccc2cc(C(=O)Nc3ccc(CN(C)CC)cc3)c(=O)oc12. The number of carbonyl (C=O) groups is 1. The van der Waals surface area contributed by atoms with E-state index in [-0.39, 0.29) is 5.56 Å². The molecule has 6 nitrogen and oxygen atoms in total. The molecule has 3 rings (SSSR count). The van der Waals surface area contributed by atoms with E-state index in [1.807, 2.05) is 43.3 Å². The second-order valence-corrected chi connectivity index (χ2v) is 7.57. The Morgan fingerprint density at radius 3 is 2.48 bits per heavy atom. The summed E-state index contributed by atoms with van der Waals surface area (Å²) in [4.78, 5) is 27.6. The van der Waals surface area contributed by atoms with Crippen LogP contribution in [-0.2, 0) is 13.0 Å². The summed E-state index contributed by atoms with van der Waals surface area (Å²) < 4.78 is 11.3. The van der Waals surface area contributed by atoms with Crippen LogP contribution in [0.1, 0.15) is 48.7 Å². The highest BCUT2D eigenvalue weighted by atomic mass is 16.5. The maximum atomic E-state index is 12.8.